The van der Waals surface area contributed by atoms with Crippen LogP contribution in [0.2, 0.25) is 0 Å². The number of rotatable bonds is 8. The number of likely N-dealkylation sites (N-methyl/N-ethyl adjacent to an activating group) is 1. The zero-order valence-corrected chi connectivity index (χ0v) is 13.7. The number of hydrogen-bond acceptors (Lipinski definition) is 2. The molecule has 21 heavy (non-hydrogen) atoms. The van der Waals surface area contributed by atoms with Crippen molar-refractivity contribution in [1.29, 1.82) is 0 Å². The molecule has 0 aliphatic rings. The number of nitrogens with one attached hydrogen (secondary N) is 1. The second kappa shape index (κ2) is 9.35. The summed E-state index contributed by atoms with van der Waals surface area (Å²) < 4.78 is 0. The van der Waals surface area contributed by atoms with Crippen LogP contribution in [0.25, 0.3) is 6.08 Å². The number of carbonyl (C=O) groups is 1. The van der Waals surface area contributed by atoms with Gasteiger partial charge in [-0.1, -0.05) is 52.0 Å². The van der Waals surface area contributed by atoms with E-state index in [0.29, 0.717) is 12.5 Å². The van der Waals surface area contributed by atoms with Crippen molar-refractivity contribution in [2.45, 2.75) is 33.6 Å². The molecule has 0 radical (unpaired) electrons. The average molecular weight is 288 g/mol. The lowest BCUT2D eigenvalue weighted by Gasteiger charge is -2.17. The van der Waals surface area contributed by atoms with Gasteiger partial charge in [-0.15, -0.1) is 0 Å². The molecule has 1 aromatic rings. The van der Waals surface area contributed by atoms with Gasteiger partial charge in [-0.2, -0.15) is 0 Å². The second-order valence-corrected chi connectivity index (χ2v) is 5.47. The van der Waals surface area contributed by atoms with Crippen LogP contribution in [0.5, 0.6) is 0 Å². The van der Waals surface area contributed by atoms with Gasteiger partial charge in [0.1, 0.15) is 0 Å². The number of benzene rings is 1. The lowest BCUT2D eigenvalue weighted by molar-refractivity contribution is -0.116. The van der Waals surface area contributed by atoms with Gasteiger partial charge in [-0.25, -0.2) is 0 Å². The molecule has 0 bridgehead atoms. The van der Waals surface area contributed by atoms with E-state index in [-0.39, 0.29) is 5.91 Å². The fourth-order valence-electron chi connectivity index (χ4n) is 2.10. The van der Waals surface area contributed by atoms with Gasteiger partial charge in [0.2, 0.25) is 5.91 Å². The molecule has 0 heterocycles. The van der Waals surface area contributed by atoms with E-state index in [2.05, 4.69) is 62.2 Å². The van der Waals surface area contributed by atoms with Crippen molar-refractivity contribution in [3.63, 3.8) is 0 Å². The topological polar surface area (TPSA) is 32.3 Å². The van der Waals surface area contributed by atoms with Crippen molar-refractivity contribution in [3.8, 4) is 0 Å². The summed E-state index contributed by atoms with van der Waals surface area (Å²) in [5, 5.41) is 2.91. The normalized spacial score (nSPS) is 11.5. The SMILES string of the molecule is CCN(CC)CCNC(=O)/C=C/c1ccc(C(C)C)cc1. The van der Waals surface area contributed by atoms with Crippen LogP contribution in [-0.4, -0.2) is 37.0 Å². The van der Waals surface area contributed by atoms with Crippen LogP contribution in [0, 0.1) is 0 Å². The molecular weight excluding hydrogens is 260 g/mol. The Morgan fingerprint density at radius 2 is 1.81 bits per heavy atom. The molecule has 0 unspecified atom stereocenters. The zero-order valence-electron chi connectivity index (χ0n) is 13.7. The molecule has 0 saturated carbocycles. The Bertz CT molecular complexity index is 445. The summed E-state index contributed by atoms with van der Waals surface area (Å²) in [4.78, 5) is 14.0. The Hall–Kier alpha value is -1.61. The van der Waals surface area contributed by atoms with E-state index in [1.54, 1.807) is 6.08 Å². The lowest BCUT2D eigenvalue weighted by Crippen LogP contribution is -2.34. The van der Waals surface area contributed by atoms with E-state index in [9.17, 15) is 4.79 Å². The van der Waals surface area contributed by atoms with Gasteiger partial charge in [0.25, 0.3) is 0 Å². The predicted molar refractivity (Wildman–Crippen MR) is 90.4 cm³/mol. The summed E-state index contributed by atoms with van der Waals surface area (Å²) in [5.74, 6) is 0.501. The quantitative estimate of drug-likeness (QED) is 0.745. The molecule has 0 aliphatic heterocycles. The maximum atomic E-state index is 11.7. The van der Waals surface area contributed by atoms with E-state index in [1.165, 1.54) is 5.56 Å². The number of amides is 1. The van der Waals surface area contributed by atoms with Gasteiger partial charge in [0.05, 0.1) is 0 Å². The highest BCUT2D eigenvalue weighted by molar-refractivity contribution is 5.91. The first kappa shape index (κ1) is 17.4. The van der Waals surface area contributed by atoms with Gasteiger partial charge in [0.15, 0.2) is 0 Å². The molecule has 0 aliphatic carbocycles. The fourth-order valence-corrected chi connectivity index (χ4v) is 2.10. The number of nitrogens with zero attached hydrogens (tertiary/aromatic N) is 1. The van der Waals surface area contributed by atoms with E-state index < -0.39 is 0 Å². The molecule has 3 heteroatoms. The largest absolute Gasteiger partial charge is 0.351 e. The first-order chi connectivity index (χ1) is 10.1. The Labute approximate surface area is 129 Å². The summed E-state index contributed by atoms with van der Waals surface area (Å²) in [6.07, 6.45) is 3.46. The maximum absolute atomic E-state index is 11.7. The average Bonchev–Trinajstić information content (AvgIpc) is 2.50. The monoisotopic (exact) mass is 288 g/mol. The van der Waals surface area contributed by atoms with E-state index in [0.717, 1.165) is 25.2 Å². The summed E-state index contributed by atoms with van der Waals surface area (Å²) in [7, 11) is 0. The highest BCUT2D eigenvalue weighted by atomic mass is 16.1. The third-order valence-electron chi connectivity index (χ3n) is 3.65. The van der Waals surface area contributed by atoms with Gasteiger partial charge in [-0.05, 0) is 36.2 Å². The van der Waals surface area contributed by atoms with Gasteiger partial charge >= 0.3 is 0 Å². The molecule has 0 aromatic heterocycles. The van der Waals surface area contributed by atoms with Crippen LogP contribution < -0.4 is 5.32 Å². The Balaban J connectivity index is 2.39. The third-order valence-corrected chi connectivity index (χ3v) is 3.65. The Morgan fingerprint density at radius 3 is 2.33 bits per heavy atom. The third kappa shape index (κ3) is 6.58. The van der Waals surface area contributed by atoms with Crippen LogP contribution in [0.1, 0.15) is 44.7 Å². The van der Waals surface area contributed by atoms with Crippen molar-refractivity contribution in [3.05, 3.63) is 41.5 Å². The minimum atomic E-state index is -0.0323. The molecule has 116 valence electrons. The van der Waals surface area contributed by atoms with Crippen molar-refractivity contribution in [2.75, 3.05) is 26.2 Å². The molecular formula is C18H28N2O. The van der Waals surface area contributed by atoms with Crippen molar-refractivity contribution in [1.82, 2.24) is 10.2 Å². The van der Waals surface area contributed by atoms with Crippen LogP contribution >= 0.6 is 0 Å². The first-order valence-electron chi connectivity index (χ1n) is 7.85. The summed E-state index contributed by atoms with van der Waals surface area (Å²) in [6, 6.07) is 8.33. The van der Waals surface area contributed by atoms with Gasteiger partial charge in [-0.3, -0.25) is 4.79 Å². The zero-order chi connectivity index (χ0) is 15.7. The minimum Gasteiger partial charge on any atom is -0.351 e. The maximum Gasteiger partial charge on any atom is 0.244 e. The molecule has 0 atom stereocenters. The Kier molecular flexibility index (Phi) is 7.76. The van der Waals surface area contributed by atoms with Crippen LogP contribution in [0.4, 0.5) is 0 Å². The molecule has 0 saturated heterocycles. The molecule has 1 N–H and O–H groups in total. The smallest absolute Gasteiger partial charge is 0.244 e. The summed E-state index contributed by atoms with van der Waals surface area (Å²) >= 11 is 0. The van der Waals surface area contributed by atoms with Crippen molar-refractivity contribution < 1.29 is 4.79 Å². The highest BCUT2D eigenvalue weighted by Gasteiger charge is 2.00. The molecule has 0 fully saturated rings. The van der Waals surface area contributed by atoms with Crippen LogP contribution in [-0.2, 0) is 4.79 Å². The Morgan fingerprint density at radius 1 is 1.19 bits per heavy atom. The van der Waals surface area contributed by atoms with E-state index in [4.69, 9.17) is 0 Å². The van der Waals surface area contributed by atoms with Crippen LogP contribution in [0.3, 0.4) is 0 Å². The molecule has 1 rings (SSSR count). The van der Waals surface area contributed by atoms with Crippen LogP contribution in [0.15, 0.2) is 30.3 Å². The molecule has 1 aromatic carbocycles. The van der Waals surface area contributed by atoms with Crippen molar-refractivity contribution >= 4 is 12.0 Å². The second-order valence-electron chi connectivity index (χ2n) is 5.47. The predicted octanol–water partition coefficient (Wildman–Crippen LogP) is 3.28. The minimum absolute atomic E-state index is 0.0323. The van der Waals surface area contributed by atoms with Gasteiger partial charge in [0, 0.05) is 19.2 Å². The lowest BCUT2D eigenvalue weighted by atomic mass is 10.0. The molecule has 3 nitrogen and oxygen atoms in total. The molecule has 0 spiro atoms. The highest BCUT2D eigenvalue weighted by Crippen LogP contribution is 2.15. The van der Waals surface area contributed by atoms with E-state index >= 15 is 0 Å². The summed E-state index contributed by atoms with van der Waals surface area (Å²) in [6.45, 7) is 12.2. The van der Waals surface area contributed by atoms with Crippen molar-refractivity contribution in [2.24, 2.45) is 0 Å². The molecule has 1 amide bonds. The first-order valence-corrected chi connectivity index (χ1v) is 7.85. The number of hydrogen-bond donors (Lipinski definition) is 1. The number of carbonyl (C=O) groups excluding carboxylic acids is 1. The fraction of sp³-hybridized carbons (Fsp3) is 0.500. The standard InChI is InChI=1S/C18H28N2O/c1-5-20(6-2)14-13-19-18(21)12-9-16-7-10-17(11-8-16)15(3)4/h7-12,15H,5-6,13-14H2,1-4H3,(H,19,21)/b12-9+. The van der Waals surface area contributed by atoms with E-state index in [1.807, 2.05) is 6.08 Å². The summed E-state index contributed by atoms with van der Waals surface area (Å²) in [5.41, 5.74) is 2.37. The van der Waals surface area contributed by atoms with Gasteiger partial charge < -0.3 is 10.2 Å².